The molecule has 0 fully saturated rings. The second kappa shape index (κ2) is 5.76. The predicted molar refractivity (Wildman–Crippen MR) is 87.2 cm³/mol. The summed E-state index contributed by atoms with van der Waals surface area (Å²) in [5.74, 6) is 0.916. The van der Waals surface area contributed by atoms with Crippen molar-refractivity contribution in [2.45, 2.75) is 33.6 Å². The number of carbonyl (C=O) groups is 1. The molecule has 0 N–H and O–H groups in total. The molecule has 1 aliphatic rings. The van der Waals surface area contributed by atoms with Crippen LogP contribution in [0.4, 0.5) is 0 Å². The summed E-state index contributed by atoms with van der Waals surface area (Å²) < 4.78 is 11.9. The van der Waals surface area contributed by atoms with Crippen molar-refractivity contribution < 1.29 is 14.3 Å². The molecule has 0 aliphatic heterocycles. The number of benzene rings is 1. The fraction of sp³-hybridized carbons (Fsp3) is 0.438. The summed E-state index contributed by atoms with van der Waals surface area (Å²) >= 11 is 2.17. The third-order valence-electron chi connectivity index (χ3n) is 3.98. The average molecular weight is 386 g/mol. The van der Waals surface area contributed by atoms with E-state index >= 15 is 0 Å². The first kappa shape index (κ1) is 15.4. The fourth-order valence-corrected chi connectivity index (χ4v) is 3.28. The first-order valence-electron chi connectivity index (χ1n) is 6.62. The zero-order valence-corrected chi connectivity index (χ0v) is 14.4. The molecule has 0 amide bonds. The second-order valence-corrected chi connectivity index (χ2v) is 6.59. The monoisotopic (exact) mass is 386 g/mol. The lowest BCUT2D eigenvalue weighted by atomic mass is 9.84. The zero-order chi connectivity index (χ0) is 14.9. The Balaban J connectivity index is 2.31. The maximum Gasteiger partial charge on any atom is 0.321 e. The molecular weight excluding hydrogens is 367 g/mol. The molecule has 0 unspecified atom stereocenters. The fourth-order valence-electron chi connectivity index (χ4n) is 2.42. The Hall–Kier alpha value is -1.04. The molecule has 3 nitrogen and oxygen atoms in total. The van der Waals surface area contributed by atoms with Crippen molar-refractivity contribution >= 4 is 28.6 Å². The number of rotatable bonds is 3. The van der Waals surface area contributed by atoms with Crippen molar-refractivity contribution in [3.05, 3.63) is 32.9 Å². The lowest BCUT2D eigenvalue weighted by molar-refractivity contribution is -0.142. The molecule has 0 saturated heterocycles. The van der Waals surface area contributed by atoms with E-state index in [9.17, 15) is 4.79 Å². The first-order chi connectivity index (χ1) is 9.38. The minimum absolute atomic E-state index is 0.205. The van der Waals surface area contributed by atoms with Gasteiger partial charge in [0.15, 0.2) is 11.5 Å². The van der Waals surface area contributed by atoms with E-state index in [-0.39, 0.29) is 5.97 Å². The van der Waals surface area contributed by atoms with Crippen molar-refractivity contribution in [2.24, 2.45) is 5.41 Å². The summed E-state index contributed by atoms with van der Waals surface area (Å²) in [6.45, 7) is 5.93. The highest BCUT2D eigenvalue weighted by Gasteiger charge is 2.39. The van der Waals surface area contributed by atoms with Crippen LogP contribution >= 0.6 is 22.6 Å². The van der Waals surface area contributed by atoms with E-state index in [1.165, 1.54) is 0 Å². The van der Waals surface area contributed by atoms with Crippen LogP contribution in [0.5, 0.6) is 11.5 Å². The summed E-state index contributed by atoms with van der Waals surface area (Å²) in [4.78, 5) is 12.5. The van der Waals surface area contributed by atoms with Gasteiger partial charge < -0.3 is 9.47 Å². The van der Waals surface area contributed by atoms with Crippen molar-refractivity contribution in [3.63, 3.8) is 0 Å². The van der Waals surface area contributed by atoms with Gasteiger partial charge in [-0.3, -0.25) is 4.79 Å². The highest BCUT2D eigenvalue weighted by Crippen LogP contribution is 2.41. The van der Waals surface area contributed by atoms with Crippen LogP contribution in [0.15, 0.2) is 23.8 Å². The Bertz CT molecular complexity index is 577. The number of methoxy groups -OCH3 is 1. The summed E-state index contributed by atoms with van der Waals surface area (Å²) in [6.07, 6.45) is 3.85. The molecule has 4 heteroatoms. The Morgan fingerprint density at radius 3 is 2.60 bits per heavy atom. The molecule has 0 bridgehead atoms. The highest BCUT2D eigenvalue weighted by molar-refractivity contribution is 14.1. The molecule has 0 heterocycles. The third-order valence-corrected chi connectivity index (χ3v) is 4.79. The van der Waals surface area contributed by atoms with Gasteiger partial charge in [0.25, 0.3) is 0 Å². The van der Waals surface area contributed by atoms with Gasteiger partial charge in [-0.05, 0) is 73.9 Å². The Labute approximate surface area is 133 Å². The Morgan fingerprint density at radius 1 is 1.35 bits per heavy atom. The van der Waals surface area contributed by atoms with Crippen molar-refractivity contribution in [2.75, 3.05) is 7.11 Å². The standard InChI is InChI=1S/C16H19IO3/c1-10-8-12(17)14(13(9-10)19-4)20-15(18)16(3)7-5-6-11(16)2/h6,8-9H,5,7H2,1-4H3/t16-/m1/s1. The average Bonchev–Trinajstić information content (AvgIpc) is 2.73. The van der Waals surface area contributed by atoms with E-state index < -0.39 is 5.41 Å². The maximum absolute atomic E-state index is 12.5. The van der Waals surface area contributed by atoms with E-state index in [0.29, 0.717) is 11.5 Å². The van der Waals surface area contributed by atoms with Crippen LogP contribution in [-0.2, 0) is 4.79 Å². The Morgan fingerprint density at radius 2 is 2.05 bits per heavy atom. The van der Waals surface area contributed by atoms with Gasteiger partial charge in [-0.1, -0.05) is 11.6 Å². The number of carbonyl (C=O) groups excluding carboxylic acids is 1. The summed E-state index contributed by atoms with van der Waals surface area (Å²) in [7, 11) is 1.59. The van der Waals surface area contributed by atoms with Crippen LogP contribution in [0.2, 0.25) is 0 Å². The van der Waals surface area contributed by atoms with Crippen LogP contribution < -0.4 is 9.47 Å². The lowest BCUT2D eigenvalue weighted by Crippen LogP contribution is -2.31. The van der Waals surface area contributed by atoms with Crippen LogP contribution in [0, 0.1) is 15.9 Å². The molecule has 0 aromatic heterocycles. The van der Waals surface area contributed by atoms with Gasteiger partial charge >= 0.3 is 5.97 Å². The van der Waals surface area contributed by atoms with Gasteiger partial charge in [0.1, 0.15) is 0 Å². The normalized spacial score (nSPS) is 21.6. The lowest BCUT2D eigenvalue weighted by Gasteiger charge is -2.24. The molecule has 1 aromatic rings. The smallest absolute Gasteiger partial charge is 0.321 e. The number of halogens is 1. The molecule has 0 spiro atoms. The number of hydrogen-bond acceptors (Lipinski definition) is 3. The van der Waals surface area contributed by atoms with Crippen LogP contribution in [-0.4, -0.2) is 13.1 Å². The molecule has 0 saturated carbocycles. The van der Waals surface area contributed by atoms with E-state index in [1.54, 1.807) is 7.11 Å². The van der Waals surface area contributed by atoms with Crippen LogP contribution in [0.3, 0.4) is 0 Å². The molecule has 2 rings (SSSR count). The number of aryl methyl sites for hydroxylation is 1. The molecule has 1 aliphatic carbocycles. The molecule has 1 atom stereocenters. The molecule has 0 radical (unpaired) electrons. The van der Waals surface area contributed by atoms with E-state index in [0.717, 1.165) is 27.5 Å². The summed E-state index contributed by atoms with van der Waals surface area (Å²) in [5, 5.41) is 0. The molecular formula is C16H19IO3. The van der Waals surface area contributed by atoms with E-state index in [4.69, 9.17) is 9.47 Å². The minimum Gasteiger partial charge on any atom is -0.493 e. The van der Waals surface area contributed by atoms with Gasteiger partial charge in [-0.2, -0.15) is 0 Å². The first-order valence-corrected chi connectivity index (χ1v) is 7.70. The SMILES string of the molecule is COc1cc(C)cc(I)c1OC(=O)[C@]1(C)CCC=C1C. The quantitative estimate of drug-likeness (QED) is 0.337. The molecule has 1 aromatic carbocycles. The van der Waals surface area contributed by atoms with Gasteiger partial charge in [0.05, 0.1) is 16.1 Å². The largest absolute Gasteiger partial charge is 0.493 e. The molecule has 20 heavy (non-hydrogen) atoms. The van der Waals surface area contributed by atoms with Gasteiger partial charge in [-0.25, -0.2) is 0 Å². The second-order valence-electron chi connectivity index (χ2n) is 5.43. The van der Waals surface area contributed by atoms with E-state index in [1.807, 2.05) is 32.9 Å². The highest BCUT2D eigenvalue weighted by atomic mass is 127. The maximum atomic E-state index is 12.5. The van der Waals surface area contributed by atoms with Crippen molar-refractivity contribution in [1.29, 1.82) is 0 Å². The predicted octanol–water partition coefficient (Wildman–Crippen LogP) is 4.26. The van der Waals surface area contributed by atoms with Gasteiger partial charge in [0, 0.05) is 0 Å². The number of ether oxygens (including phenoxy) is 2. The Kier molecular flexibility index (Phi) is 4.42. The van der Waals surface area contributed by atoms with Crippen LogP contribution in [0.25, 0.3) is 0 Å². The minimum atomic E-state index is -0.515. The topological polar surface area (TPSA) is 35.5 Å². The van der Waals surface area contributed by atoms with Crippen molar-refractivity contribution in [1.82, 2.24) is 0 Å². The zero-order valence-electron chi connectivity index (χ0n) is 12.2. The summed E-state index contributed by atoms with van der Waals surface area (Å²) in [5.41, 5.74) is 1.65. The van der Waals surface area contributed by atoms with Gasteiger partial charge in [-0.15, -0.1) is 0 Å². The number of allylic oxidation sites excluding steroid dienone is 1. The molecule has 108 valence electrons. The van der Waals surface area contributed by atoms with Gasteiger partial charge in [0.2, 0.25) is 0 Å². The summed E-state index contributed by atoms with van der Waals surface area (Å²) in [6, 6.07) is 3.86. The van der Waals surface area contributed by atoms with Crippen molar-refractivity contribution in [3.8, 4) is 11.5 Å². The third kappa shape index (κ3) is 2.71. The van der Waals surface area contributed by atoms with Crippen LogP contribution in [0.1, 0.15) is 32.3 Å². The van der Waals surface area contributed by atoms with E-state index in [2.05, 4.69) is 28.7 Å². The number of esters is 1. The number of hydrogen-bond donors (Lipinski definition) is 0.